The largest absolute Gasteiger partial charge is 0.349 e. The summed E-state index contributed by atoms with van der Waals surface area (Å²) in [5, 5.41) is 14.0. The molecule has 2 atom stereocenters. The molecular weight excluding hydrogens is 342 g/mol. The summed E-state index contributed by atoms with van der Waals surface area (Å²) in [4.78, 5) is 25.8. The second kappa shape index (κ2) is 7.97. The van der Waals surface area contributed by atoms with Crippen molar-refractivity contribution in [2.24, 2.45) is 0 Å². The highest BCUT2D eigenvalue weighted by Gasteiger charge is 2.42. The molecule has 1 aromatic rings. The van der Waals surface area contributed by atoms with Gasteiger partial charge in [-0.05, 0) is 50.7 Å². The predicted molar refractivity (Wildman–Crippen MR) is 104 cm³/mol. The number of non-ortho nitro benzene ring substituents is 1. The lowest BCUT2D eigenvalue weighted by Gasteiger charge is -2.53. The Labute approximate surface area is 160 Å². The molecule has 0 spiro atoms. The summed E-state index contributed by atoms with van der Waals surface area (Å²) in [5.41, 5.74) is 0.516. The molecule has 2 saturated heterocycles. The van der Waals surface area contributed by atoms with E-state index < -0.39 is 4.92 Å². The van der Waals surface area contributed by atoms with Gasteiger partial charge in [-0.1, -0.05) is 25.7 Å². The first kappa shape index (κ1) is 18.4. The summed E-state index contributed by atoms with van der Waals surface area (Å²) in [6.45, 7) is 0. The maximum Gasteiger partial charge on any atom is 0.269 e. The van der Waals surface area contributed by atoms with Gasteiger partial charge >= 0.3 is 0 Å². The number of nitrogens with zero attached hydrogens (tertiary/aromatic N) is 2. The Bertz CT molecular complexity index is 670. The number of benzene rings is 1. The summed E-state index contributed by atoms with van der Waals surface area (Å²) in [6, 6.07) is 8.05. The van der Waals surface area contributed by atoms with E-state index in [0.717, 1.165) is 18.9 Å². The molecule has 1 N–H and O–H groups in total. The lowest BCUT2D eigenvalue weighted by Crippen LogP contribution is -2.60. The third-order valence-electron chi connectivity index (χ3n) is 6.70. The lowest BCUT2D eigenvalue weighted by molar-refractivity contribution is -0.384. The van der Waals surface area contributed by atoms with Gasteiger partial charge in [-0.3, -0.25) is 19.8 Å². The van der Waals surface area contributed by atoms with Crippen LogP contribution in [0.2, 0.25) is 0 Å². The SMILES string of the molecule is O=C(NC1CC2CCCC(C1)N2C1CCCCC1)c1ccc([N+](=O)[O-])cc1. The number of carbonyl (C=O) groups excluding carboxylic acids is 1. The molecule has 2 heterocycles. The van der Waals surface area contributed by atoms with Gasteiger partial charge in [-0.15, -0.1) is 0 Å². The molecular formula is C21H29N3O3. The third kappa shape index (κ3) is 4.00. The molecule has 6 heteroatoms. The molecule has 1 saturated carbocycles. The minimum Gasteiger partial charge on any atom is -0.349 e. The van der Waals surface area contributed by atoms with Gasteiger partial charge in [0.1, 0.15) is 0 Å². The van der Waals surface area contributed by atoms with Crippen LogP contribution in [-0.2, 0) is 0 Å². The van der Waals surface area contributed by atoms with Gasteiger partial charge in [0.05, 0.1) is 4.92 Å². The molecule has 6 nitrogen and oxygen atoms in total. The van der Waals surface area contributed by atoms with Crippen LogP contribution in [0.1, 0.15) is 74.6 Å². The van der Waals surface area contributed by atoms with E-state index in [4.69, 9.17) is 0 Å². The van der Waals surface area contributed by atoms with Gasteiger partial charge in [-0.2, -0.15) is 0 Å². The lowest BCUT2D eigenvalue weighted by atomic mass is 9.78. The first-order valence-electron chi connectivity index (χ1n) is 10.4. The maximum atomic E-state index is 12.6. The van der Waals surface area contributed by atoms with Crippen molar-refractivity contribution in [3.63, 3.8) is 0 Å². The minimum atomic E-state index is -0.441. The first-order chi connectivity index (χ1) is 13.1. The zero-order valence-corrected chi connectivity index (χ0v) is 15.8. The van der Waals surface area contributed by atoms with Gasteiger partial charge < -0.3 is 5.32 Å². The normalized spacial score (nSPS) is 29.3. The summed E-state index contributed by atoms with van der Waals surface area (Å²) in [6.07, 6.45) is 12.7. The molecule has 4 rings (SSSR count). The standard InChI is InChI=1S/C21H29N3O3/c25-21(15-9-11-18(12-10-15)24(26)27)22-16-13-19-7-4-8-20(14-16)23(19)17-5-2-1-3-6-17/h9-12,16-17,19-20H,1-8,13-14H2,(H,22,25). The maximum absolute atomic E-state index is 12.6. The number of nitro groups is 1. The van der Waals surface area contributed by atoms with Crippen LogP contribution >= 0.6 is 0 Å². The fourth-order valence-corrected chi connectivity index (χ4v) is 5.51. The Morgan fingerprint density at radius 3 is 2.11 bits per heavy atom. The molecule has 27 heavy (non-hydrogen) atoms. The molecule has 0 aromatic heterocycles. The quantitative estimate of drug-likeness (QED) is 0.640. The van der Waals surface area contributed by atoms with E-state index in [1.165, 1.54) is 63.5 Å². The Morgan fingerprint density at radius 1 is 0.926 bits per heavy atom. The number of hydrogen-bond donors (Lipinski definition) is 1. The van der Waals surface area contributed by atoms with Crippen molar-refractivity contribution in [2.45, 2.75) is 88.4 Å². The zero-order chi connectivity index (χ0) is 18.8. The third-order valence-corrected chi connectivity index (χ3v) is 6.70. The Balaban J connectivity index is 1.39. The van der Waals surface area contributed by atoms with Crippen molar-refractivity contribution in [3.8, 4) is 0 Å². The van der Waals surface area contributed by atoms with Crippen LogP contribution in [0.25, 0.3) is 0 Å². The monoisotopic (exact) mass is 371 g/mol. The van der Waals surface area contributed by atoms with Crippen LogP contribution in [0.4, 0.5) is 5.69 Å². The van der Waals surface area contributed by atoms with Crippen LogP contribution in [-0.4, -0.2) is 39.9 Å². The molecule has 1 aliphatic carbocycles. The van der Waals surface area contributed by atoms with E-state index >= 15 is 0 Å². The van der Waals surface area contributed by atoms with Gasteiger partial charge in [0, 0.05) is 41.9 Å². The number of piperidine rings is 2. The zero-order valence-electron chi connectivity index (χ0n) is 15.8. The Morgan fingerprint density at radius 2 is 1.52 bits per heavy atom. The summed E-state index contributed by atoms with van der Waals surface area (Å²) in [7, 11) is 0. The van der Waals surface area contributed by atoms with Gasteiger partial charge in [0.25, 0.3) is 11.6 Å². The molecule has 2 unspecified atom stereocenters. The van der Waals surface area contributed by atoms with E-state index in [1.54, 1.807) is 12.1 Å². The molecule has 1 aromatic carbocycles. The Hall–Kier alpha value is -1.95. The summed E-state index contributed by atoms with van der Waals surface area (Å²) in [5.74, 6) is -0.112. The molecule has 3 fully saturated rings. The first-order valence-corrected chi connectivity index (χ1v) is 10.4. The van der Waals surface area contributed by atoms with Gasteiger partial charge in [-0.25, -0.2) is 0 Å². The number of rotatable bonds is 4. The van der Waals surface area contributed by atoms with Gasteiger partial charge in [0.2, 0.25) is 0 Å². The van der Waals surface area contributed by atoms with Crippen molar-refractivity contribution in [1.29, 1.82) is 0 Å². The van der Waals surface area contributed by atoms with E-state index in [-0.39, 0.29) is 17.6 Å². The van der Waals surface area contributed by atoms with Crippen molar-refractivity contribution < 1.29 is 9.72 Å². The molecule has 3 aliphatic rings. The fraction of sp³-hybridized carbons (Fsp3) is 0.667. The smallest absolute Gasteiger partial charge is 0.269 e. The molecule has 1 amide bonds. The predicted octanol–water partition coefficient (Wildman–Crippen LogP) is 4.04. The van der Waals surface area contributed by atoms with E-state index in [0.29, 0.717) is 17.6 Å². The van der Waals surface area contributed by atoms with Crippen LogP contribution in [0.3, 0.4) is 0 Å². The number of hydrogen-bond acceptors (Lipinski definition) is 4. The average Bonchev–Trinajstić information content (AvgIpc) is 2.68. The number of carbonyl (C=O) groups is 1. The van der Waals surface area contributed by atoms with Crippen LogP contribution in [0, 0.1) is 10.1 Å². The van der Waals surface area contributed by atoms with E-state index in [1.807, 2.05) is 0 Å². The second-order valence-electron chi connectivity index (χ2n) is 8.42. The van der Waals surface area contributed by atoms with Crippen molar-refractivity contribution in [3.05, 3.63) is 39.9 Å². The second-order valence-corrected chi connectivity index (χ2v) is 8.42. The van der Waals surface area contributed by atoms with E-state index in [2.05, 4.69) is 10.2 Å². The van der Waals surface area contributed by atoms with Crippen LogP contribution in [0.5, 0.6) is 0 Å². The average molecular weight is 371 g/mol. The molecule has 2 bridgehead atoms. The number of nitro benzene ring substituents is 1. The molecule has 0 radical (unpaired) electrons. The topological polar surface area (TPSA) is 75.5 Å². The number of amides is 1. The van der Waals surface area contributed by atoms with Crippen molar-refractivity contribution in [2.75, 3.05) is 0 Å². The number of fused-ring (bicyclic) bond motifs is 2. The van der Waals surface area contributed by atoms with Gasteiger partial charge in [0.15, 0.2) is 0 Å². The number of nitrogens with one attached hydrogen (secondary N) is 1. The van der Waals surface area contributed by atoms with Crippen LogP contribution in [0.15, 0.2) is 24.3 Å². The fourth-order valence-electron chi connectivity index (χ4n) is 5.51. The highest BCUT2D eigenvalue weighted by Crippen LogP contribution is 2.39. The molecule has 2 aliphatic heterocycles. The summed E-state index contributed by atoms with van der Waals surface area (Å²) < 4.78 is 0. The van der Waals surface area contributed by atoms with Crippen molar-refractivity contribution >= 4 is 11.6 Å². The van der Waals surface area contributed by atoms with Crippen LogP contribution < -0.4 is 5.32 Å². The highest BCUT2D eigenvalue weighted by atomic mass is 16.6. The summed E-state index contributed by atoms with van der Waals surface area (Å²) >= 11 is 0. The van der Waals surface area contributed by atoms with Crippen molar-refractivity contribution in [1.82, 2.24) is 10.2 Å². The Kier molecular flexibility index (Phi) is 5.43. The minimum absolute atomic E-state index is 0.0156. The highest BCUT2D eigenvalue weighted by molar-refractivity contribution is 5.94. The molecule has 146 valence electrons. The van der Waals surface area contributed by atoms with E-state index in [9.17, 15) is 14.9 Å².